The Hall–Kier alpha value is -4.51. The van der Waals surface area contributed by atoms with E-state index < -0.39 is 47.7 Å². The monoisotopic (exact) mass is 667 g/mol. The predicted molar refractivity (Wildman–Crippen MR) is 178 cm³/mol. The van der Waals surface area contributed by atoms with Gasteiger partial charge in [0.2, 0.25) is 5.91 Å². The van der Waals surface area contributed by atoms with Crippen molar-refractivity contribution >= 4 is 22.6 Å². The molecule has 0 fully saturated rings. The summed E-state index contributed by atoms with van der Waals surface area (Å²) in [6, 6.07) is 12.1. The van der Waals surface area contributed by atoms with Gasteiger partial charge in [0.15, 0.2) is 0 Å². The molecule has 0 saturated heterocycles. The zero-order valence-corrected chi connectivity index (χ0v) is 27.9. The van der Waals surface area contributed by atoms with Crippen LogP contribution < -0.4 is 10.9 Å². The second-order valence-corrected chi connectivity index (χ2v) is 13.0. The van der Waals surface area contributed by atoms with Gasteiger partial charge >= 0.3 is 12.1 Å². The molecule has 0 spiro atoms. The molecule has 7 nitrogen and oxygen atoms in total. The van der Waals surface area contributed by atoms with Gasteiger partial charge in [-0.1, -0.05) is 38.1 Å². The zero-order valence-electron chi connectivity index (χ0n) is 27.9. The van der Waals surface area contributed by atoms with Crippen molar-refractivity contribution in [1.82, 2.24) is 14.8 Å². The average Bonchev–Trinajstić information content (AvgIpc) is 2.97. The lowest BCUT2D eigenvalue weighted by atomic mass is 9.88. The second kappa shape index (κ2) is 14.7. The molecule has 1 heterocycles. The van der Waals surface area contributed by atoms with Gasteiger partial charge in [0.25, 0.3) is 5.56 Å². The molecule has 0 saturated carbocycles. The number of carboxylic acid groups (broad SMARTS) is 1. The number of nitrogens with zero attached hydrogens (tertiary/aromatic N) is 2. The molecule has 2 atom stereocenters. The van der Waals surface area contributed by atoms with E-state index in [1.54, 1.807) is 45.0 Å². The van der Waals surface area contributed by atoms with Gasteiger partial charge in [-0.25, -0.2) is 4.39 Å². The molecule has 4 rings (SSSR count). The normalized spacial score (nSPS) is 13.2. The minimum Gasteiger partial charge on any atom is -0.481 e. The van der Waals surface area contributed by atoms with E-state index in [4.69, 9.17) is 0 Å². The lowest BCUT2D eigenvalue weighted by Crippen LogP contribution is -2.40. The Kier molecular flexibility index (Phi) is 11.1. The molecule has 256 valence electrons. The SMILES string of the molecule is Cc1cc(F)cc(C)c1-c1cc([C@@H](CC(=O)O)NC(=O)[C@@H](CC(C)C)n2cc(CCN(C)C)c(C(F)(F)F)cc2=O)c2ccccc2c1. The summed E-state index contributed by atoms with van der Waals surface area (Å²) in [4.78, 5) is 41.3. The van der Waals surface area contributed by atoms with Gasteiger partial charge in [-0.3, -0.25) is 14.4 Å². The van der Waals surface area contributed by atoms with Gasteiger partial charge in [-0.15, -0.1) is 0 Å². The van der Waals surface area contributed by atoms with Gasteiger partial charge in [0.1, 0.15) is 11.9 Å². The fourth-order valence-electron chi connectivity index (χ4n) is 6.26. The summed E-state index contributed by atoms with van der Waals surface area (Å²) in [6.45, 7) is 7.48. The number of alkyl halides is 3. The number of benzene rings is 3. The molecule has 0 radical (unpaired) electrons. The van der Waals surface area contributed by atoms with Gasteiger partial charge in [0, 0.05) is 18.8 Å². The smallest absolute Gasteiger partial charge is 0.416 e. The Morgan fingerprint density at radius 3 is 2.23 bits per heavy atom. The molecule has 48 heavy (non-hydrogen) atoms. The van der Waals surface area contributed by atoms with Gasteiger partial charge in [-0.2, -0.15) is 13.2 Å². The van der Waals surface area contributed by atoms with E-state index in [-0.39, 0.29) is 36.7 Å². The molecule has 4 aromatic rings. The number of hydrogen-bond acceptors (Lipinski definition) is 4. The number of amides is 1. The third kappa shape index (κ3) is 8.49. The average molecular weight is 668 g/mol. The van der Waals surface area contributed by atoms with Crippen LogP contribution in [0.3, 0.4) is 0 Å². The van der Waals surface area contributed by atoms with Crippen molar-refractivity contribution in [3.05, 3.63) is 105 Å². The Labute approximate surface area is 277 Å². The number of halogens is 4. The molecule has 0 aliphatic heterocycles. The first-order chi connectivity index (χ1) is 22.5. The number of aromatic nitrogens is 1. The molecular formula is C37H41F4N3O4. The van der Waals surface area contributed by atoms with Crippen LogP contribution in [0.5, 0.6) is 0 Å². The number of hydrogen-bond donors (Lipinski definition) is 2. The summed E-state index contributed by atoms with van der Waals surface area (Å²) in [6.07, 6.45) is -4.07. The van der Waals surface area contributed by atoms with E-state index in [1.807, 2.05) is 38.1 Å². The lowest BCUT2D eigenvalue weighted by Gasteiger charge is -2.27. The first-order valence-corrected chi connectivity index (χ1v) is 15.7. The van der Waals surface area contributed by atoms with Crippen LogP contribution in [0.15, 0.2) is 65.6 Å². The van der Waals surface area contributed by atoms with Gasteiger partial charge in [0.05, 0.1) is 18.0 Å². The quantitative estimate of drug-likeness (QED) is 0.153. The number of carbonyl (C=O) groups excluding carboxylic acids is 1. The Morgan fingerprint density at radius 1 is 1.00 bits per heavy atom. The highest BCUT2D eigenvalue weighted by atomic mass is 19.4. The Bertz CT molecular complexity index is 1860. The highest BCUT2D eigenvalue weighted by Gasteiger charge is 2.36. The van der Waals surface area contributed by atoms with E-state index in [0.29, 0.717) is 33.7 Å². The van der Waals surface area contributed by atoms with Crippen molar-refractivity contribution in [2.45, 2.75) is 65.2 Å². The second-order valence-electron chi connectivity index (χ2n) is 13.0. The standard InChI is InChI=1S/C37H41F4N3O4/c1-21(2)13-32(44-20-25(11-12-43(5)6)30(18-33(44)45)37(39,40)41)36(48)42-31(19-34(46)47)29-17-26(16-24-9-7-8-10-28(24)29)35-22(3)14-27(38)15-23(35)4/h7-10,14-18,20-21,31-32H,11-13,19H2,1-6H3,(H,42,48)(H,46,47)/t31-,32-/m1/s1. The fourth-order valence-corrected chi connectivity index (χ4v) is 6.26. The summed E-state index contributed by atoms with van der Waals surface area (Å²) in [5.41, 5.74) is 1.16. The molecular weight excluding hydrogens is 626 g/mol. The van der Waals surface area contributed by atoms with E-state index in [2.05, 4.69) is 5.32 Å². The zero-order chi connectivity index (χ0) is 35.5. The van der Waals surface area contributed by atoms with Crippen LogP contribution in [-0.4, -0.2) is 47.1 Å². The van der Waals surface area contributed by atoms with E-state index in [0.717, 1.165) is 21.7 Å². The Morgan fingerprint density at radius 2 is 1.65 bits per heavy atom. The van der Waals surface area contributed by atoms with Crippen molar-refractivity contribution < 1.29 is 32.3 Å². The Balaban J connectivity index is 1.86. The van der Waals surface area contributed by atoms with Crippen molar-refractivity contribution in [3.63, 3.8) is 0 Å². The highest BCUT2D eigenvalue weighted by Crippen LogP contribution is 2.36. The number of fused-ring (bicyclic) bond motifs is 1. The van der Waals surface area contributed by atoms with Crippen molar-refractivity contribution in [3.8, 4) is 11.1 Å². The number of carboxylic acids is 1. The number of carbonyl (C=O) groups is 2. The number of nitrogens with one attached hydrogen (secondary N) is 1. The van der Waals surface area contributed by atoms with E-state index >= 15 is 0 Å². The van der Waals surface area contributed by atoms with Crippen LogP contribution in [0.25, 0.3) is 21.9 Å². The van der Waals surface area contributed by atoms with Crippen LogP contribution in [0.2, 0.25) is 0 Å². The van der Waals surface area contributed by atoms with Gasteiger partial charge < -0.3 is 19.9 Å². The molecule has 1 aromatic heterocycles. The van der Waals surface area contributed by atoms with Crippen LogP contribution in [-0.2, 0) is 22.2 Å². The molecule has 2 N–H and O–H groups in total. The molecule has 3 aromatic carbocycles. The maximum absolute atomic E-state index is 14.2. The maximum atomic E-state index is 14.2. The largest absolute Gasteiger partial charge is 0.481 e. The van der Waals surface area contributed by atoms with Crippen molar-refractivity contribution in [1.29, 1.82) is 0 Å². The summed E-state index contributed by atoms with van der Waals surface area (Å²) in [7, 11) is 3.44. The predicted octanol–water partition coefficient (Wildman–Crippen LogP) is 7.47. The molecule has 1 amide bonds. The first kappa shape index (κ1) is 36.3. The van der Waals surface area contributed by atoms with Crippen molar-refractivity contribution in [2.24, 2.45) is 5.92 Å². The molecule has 11 heteroatoms. The summed E-state index contributed by atoms with van der Waals surface area (Å²) in [5.74, 6) is -2.42. The third-order valence-electron chi connectivity index (χ3n) is 8.38. The first-order valence-electron chi connectivity index (χ1n) is 15.7. The topological polar surface area (TPSA) is 91.6 Å². The minimum atomic E-state index is -4.77. The van der Waals surface area contributed by atoms with Crippen LogP contribution >= 0.6 is 0 Å². The molecule has 0 unspecified atom stereocenters. The van der Waals surface area contributed by atoms with Crippen LogP contribution in [0.4, 0.5) is 17.6 Å². The van der Waals surface area contributed by atoms with Crippen molar-refractivity contribution in [2.75, 3.05) is 20.6 Å². The van der Waals surface area contributed by atoms with Gasteiger partial charge in [-0.05, 0) is 115 Å². The van der Waals surface area contributed by atoms with Crippen LogP contribution in [0.1, 0.15) is 66.6 Å². The van der Waals surface area contributed by atoms with E-state index in [9.17, 15) is 37.1 Å². The number of rotatable bonds is 12. The van der Waals surface area contributed by atoms with E-state index in [1.165, 1.54) is 12.1 Å². The third-order valence-corrected chi connectivity index (χ3v) is 8.38. The summed E-state index contributed by atoms with van der Waals surface area (Å²) < 4.78 is 57.1. The molecule has 0 bridgehead atoms. The van der Waals surface area contributed by atoms with Crippen LogP contribution in [0, 0.1) is 25.6 Å². The number of pyridine rings is 1. The summed E-state index contributed by atoms with van der Waals surface area (Å²) in [5, 5.41) is 14.3. The molecule has 0 aliphatic rings. The minimum absolute atomic E-state index is 0.0131. The molecule has 0 aliphatic carbocycles. The lowest BCUT2D eigenvalue weighted by molar-refractivity contribution is -0.139. The number of aliphatic carboxylic acids is 1. The highest BCUT2D eigenvalue weighted by molar-refractivity contribution is 5.93. The number of likely N-dealkylation sites (N-methyl/N-ethyl adjacent to an activating group) is 1. The maximum Gasteiger partial charge on any atom is 0.416 e. The fraction of sp³-hybridized carbons (Fsp3) is 0.378. The number of aryl methyl sites for hydroxylation is 2. The summed E-state index contributed by atoms with van der Waals surface area (Å²) >= 11 is 0.